The van der Waals surface area contributed by atoms with Gasteiger partial charge in [0.1, 0.15) is 16.7 Å². The van der Waals surface area contributed by atoms with Gasteiger partial charge in [0.25, 0.3) is 0 Å². The average molecular weight is 415 g/mol. The molecule has 1 aromatic heterocycles. The van der Waals surface area contributed by atoms with E-state index >= 15 is 0 Å². The van der Waals surface area contributed by atoms with Gasteiger partial charge in [0.2, 0.25) is 5.95 Å². The molecule has 0 saturated heterocycles. The number of nitrogens with one attached hydrogen (secondary N) is 1. The van der Waals surface area contributed by atoms with E-state index in [1.54, 1.807) is 7.11 Å². The molecule has 3 heterocycles. The minimum Gasteiger partial charge on any atom is -0.496 e. The van der Waals surface area contributed by atoms with Crippen LogP contribution in [0.1, 0.15) is 49.3 Å². The lowest BCUT2D eigenvalue weighted by atomic mass is 9.99. The Morgan fingerprint density at radius 1 is 1.34 bits per heavy atom. The molecule has 2 aliphatic rings. The van der Waals surface area contributed by atoms with Gasteiger partial charge in [-0.25, -0.2) is 4.98 Å². The number of aliphatic imine (C=N–C) groups is 1. The number of hydrogen-bond donors (Lipinski definition) is 2. The van der Waals surface area contributed by atoms with Crippen LogP contribution in [-0.2, 0) is 6.54 Å². The molecule has 29 heavy (non-hydrogen) atoms. The minimum atomic E-state index is 0.204. The summed E-state index contributed by atoms with van der Waals surface area (Å²) >= 11 is 6.48. The van der Waals surface area contributed by atoms with E-state index in [2.05, 4.69) is 34.0 Å². The maximum absolute atomic E-state index is 6.48. The fourth-order valence-corrected chi connectivity index (χ4v) is 4.64. The third-order valence-electron chi connectivity index (χ3n) is 5.73. The van der Waals surface area contributed by atoms with Crippen molar-refractivity contribution < 1.29 is 4.74 Å². The second-order valence-corrected chi connectivity index (χ2v) is 8.11. The molecule has 4 rings (SSSR count). The fourth-order valence-electron chi connectivity index (χ4n) is 4.32. The van der Waals surface area contributed by atoms with Crippen molar-refractivity contribution in [2.45, 2.75) is 46.1 Å². The van der Waals surface area contributed by atoms with Crippen molar-refractivity contribution in [3.8, 4) is 5.75 Å². The summed E-state index contributed by atoms with van der Waals surface area (Å²) in [6, 6.07) is 2.03. The second-order valence-electron chi connectivity index (χ2n) is 7.76. The van der Waals surface area contributed by atoms with Gasteiger partial charge in [-0.2, -0.15) is 4.98 Å². The monoisotopic (exact) mass is 414 g/mol. The lowest BCUT2D eigenvalue weighted by Gasteiger charge is -2.26. The molecule has 0 fully saturated rings. The molecule has 0 saturated carbocycles. The number of aromatic nitrogens is 2. The molecule has 0 bridgehead atoms. The standard InChI is InChI=1S/C21H27ClN6O/c1-5-6-13-9-28(20-17(13)19(22)26-21(23)27-20)10-14-12(3)16(29-4)7-15-18(14)25-11(2)8-24-15/h7,13,24H,5-6,8-10H2,1-4H3,(H2,23,26,27). The maximum atomic E-state index is 6.48. The number of benzene rings is 1. The summed E-state index contributed by atoms with van der Waals surface area (Å²) in [5.74, 6) is 2.19. The Balaban J connectivity index is 1.80. The number of nitrogens with two attached hydrogens (primary N) is 1. The third kappa shape index (κ3) is 3.48. The van der Waals surface area contributed by atoms with E-state index in [-0.39, 0.29) is 5.95 Å². The molecule has 2 aromatic rings. The molecule has 1 aromatic carbocycles. The van der Waals surface area contributed by atoms with Crippen molar-refractivity contribution in [3.63, 3.8) is 0 Å². The topological polar surface area (TPSA) is 88.7 Å². The van der Waals surface area contributed by atoms with E-state index < -0.39 is 0 Å². The van der Waals surface area contributed by atoms with Crippen LogP contribution in [0.4, 0.5) is 23.1 Å². The molecule has 2 aliphatic heterocycles. The summed E-state index contributed by atoms with van der Waals surface area (Å²) in [6.45, 7) is 8.53. The quantitative estimate of drug-likeness (QED) is 0.702. The Bertz CT molecular complexity index is 990. The zero-order valence-corrected chi connectivity index (χ0v) is 18.1. The molecular weight excluding hydrogens is 388 g/mol. The molecule has 7 nitrogen and oxygen atoms in total. The van der Waals surface area contributed by atoms with Crippen molar-refractivity contribution in [2.75, 3.05) is 36.1 Å². The van der Waals surface area contributed by atoms with Gasteiger partial charge in [-0.3, -0.25) is 4.99 Å². The Morgan fingerprint density at radius 2 is 2.14 bits per heavy atom. The highest BCUT2D eigenvalue weighted by Crippen LogP contribution is 2.45. The highest BCUT2D eigenvalue weighted by molar-refractivity contribution is 6.30. The molecule has 154 valence electrons. The summed E-state index contributed by atoms with van der Waals surface area (Å²) in [5, 5.41) is 3.92. The first kappa shape index (κ1) is 19.8. The SMILES string of the molecule is CCCC1CN(Cc2c(C)c(OC)cc3c2N=C(C)CN3)c2nc(N)nc(Cl)c21. The molecule has 0 radical (unpaired) electrons. The largest absolute Gasteiger partial charge is 0.496 e. The molecular formula is C21H27ClN6O. The molecule has 8 heteroatoms. The zero-order chi connectivity index (χ0) is 20.7. The number of nitrogens with zero attached hydrogens (tertiary/aromatic N) is 4. The smallest absolute Gasteiger partial charge is 0.223 e. The molecule has 0 aliphatic carbocycles. The van der Waals surface area contributed by atoms with Gasteiger partial charge in [0.05, 0.1) is 25.0 Å². The molecule has 0 spiro atoms. The average Bonchev–Trinajstić information content (AvgIpc) is 3.01. The van der Waals surface area contributed by atoms with Crippen LogP contribution < -0.4 is 20.7 Å². The van der Waals surface area contributed by atoms with Gasteiger partial charge in [-0.1, -0.05) is 24.9 Å². The van der Waals surface area contributed by atoms with Crippen LogP contribution in [0.15, 0.2) is 11.1 Å². The number of ether oxygens (including phenoxy) is 1. The molecule has 1 atom stereocenters. The normalized spacial score (nSPS) is 17.5. The van der Waals surface area contributed by atoms with Gasteiger partial charge in [-0.15, -0.1) is 0 Å². The molecule has 1 unspecified atom stereocenters. The van der Waals surface area contributed by atoms with Crippen molar-refractivity contribution >= 4 is 40.5 Å². The highest BCUT2D eigenvalue weighted by Gasteiger charge is 2.34. The summed E-state index contributed by atoms with van der Waals surface area (Å²) in [7, 11) is 1.70. The van der Waals surface area contributed by atoms with Crippen molar-refractivity contribution in [1.82, 2.24) is 9.97 Å². The van der Waals surface area contributed by atoms with Gasteiger partial charge >= 0.3 is 0 Å². The van der Waals surface area contributed by atoms with Crippen LogP contribution in [0, 0.1) is 6.92 Å². The van der Waals surface area contributed by atoms with Gasteiger partial charge in [0, 0.05) is 41.9 Å². The van der Waals surface area contributed by atoms with Crippen LogP contribution in [0.25, 0.3) is 0 Å². The second kappa shape index (κ2) is 7.71. The summed E-state index contributed by atoms with van der Waals surface area (Å²) in [6.07, 6.45) is 2.10. The van der Waals surface area contributed by atoms with E-state index in [1.165, 1.54) is 0 Å². The number of hydrogen-bond acceptors (Lipinski definition) is 7. The Morgan fingerprint density at radius 3 is 2.86 bits per heavy atom. The van der Waals surface area contributed by atoms with Crippen LogP contribution in [0.2, 0.25) is 5.15 Å². The number of fused-ring (bicyclic) bond motifs is 2. The first-order valence-electron chi connectivity index (χ1n) is 9.99. The van der Waals surface area contributed by atoms with Crippen LogP contribution >= 0.6 is 11.6 Å². The predicted molar refractivity (Wildman–Crippen MR) is 119 cm³/mol. The van der Waals surface area contributed by atoms with E-state index in [0.29, 0.717) is 17.6 Å². The first-order chi connectivity index (χ1) is 13.9. The van der Waals surface area contributed by atoms with Crippen molar-refractivity contribution in [3.05, 3.63) is 27.9 Å². The lowest BCUT2D eigenvalue weighted by Crippen LogP contribution is -2.24. The Labute approximate surface area is 176 Å². The van der Waals surface area contributed by atoms with E-state index in [9.17, 15) is 0 Å². The number of rotatable bonds is 5. The minimum absolute atomic E-state index is 0.204. The Hall–Kier alpha value is -2.54. The number of methoxy groups -OCH3 is 1. The zero-order valence-electron chi connectivity index (χ0n) is 17.3. The van der Waals surface area contributed by atoms with Crippen molar-refractivity contribution in [1.29, 1.82) is 0 Å². The van der Waals surface area contributed by atoms with E-state index in [1.807, 2.05) is 13.0 Å². The van der Waals surface area contributed by atoms with Gasteiger partial charge in [0.15, 0.2) is 0 Å². The highest BCUT2D eigenvalue weighted by atomic mass is 35.5. The third-order valence-corrected chi connectivity index (χ3v) is 6.02. The fraction of sp³-hybridized carbons (Fsp3) is 0.476. The van der Waals surface area contributed by atoms with Crippen LogP contribution in [-0.4, -0.2) is 35.9 Å². The molecule has 3 N–H and O–H groups in total. The number of anilines is 3. The van der Waals surface area contributed by atoms with Gasteiger partial charge in [-0.05, 0) is 25.8 Å². The predicted octanol–water partition coefficient (Wildman–Crippen LogP) is 4.45. The van der Waals surface area contributed by atoms with E-state index in [0.717, 1.165) is 71.3 Å². The van der Waals surface area contributed by atoms with Crippen molar-refractivity contribution in [2.24, 2.45) is 4.99 Å². The van der Waals surface area contributed by atoms with Crippen LogP contribution in [0.3, 0.4) is 0 Å². The van der Waals surface area contributed by atoms with Crippen LogP contribution in [0.5, 0.6) is 5.75 Å². The summed E-state index contributed by atoms with van der Waals surface area (Å²) in [4.78, 5) is 15.9. The number of halogens is 1. The first-order valence-corrected chi connectivity index (χ1v) is 10.4. The van der Waals surface area contributed by atoms with E-state index in [4.69, 9.17) is 27.1 Å². The summed E-state index contributed by atoms with van der Waals surface area (Å²) < 4.78 is 5.64. The summed E-state index contributed by atoms with van der Waals surface area (Å²) in [5.41, 5.74) is 12.2. The number of nitrogen functional groups attached to an aromatic ring is 1. The van der Waals surface area contributed by atoms with Gasteiger partial charge < -0.3 is 20.7 Å². The Kier molecular flexibility index (Phi) is 5.25. The lowest BCUT2D eigenvalue weighted by molar-refractivity contribution is 0.411. The molecule has 0 amide bonds. The maximum Gasteiger partial charge on any atom is 0.223 e.